The monoisotopic (exact) mass is 438 g/mol. The van der Waals surface area contributed by atoms with Crippen LogP contribution in [0.15, 0.2) is 51.7 Å². The Hall–Kier alpha value is -2.94. The molecule has 9 heteroatoms. The highest BCUT2D eigenvalue weighted by Crippen LogP contribution is 2.28. The first-order valence-electron chi connectivity index (χ1n) is 7.60. The molecule has 0 amide bonds. The van der Waals surface area contributed by atoms with Gasteiger partial charge < -0.3 is 15.2 Å². The van der Waals surface area contributed by atoms with Gasteiger partial charge in [-0.2, -0.15) is 8.78 Å². The van der Waals surface area contributed by atoms with Crippen LogP contribution in [0.3, 0.4) is 0 Å². The van der Waals surface area contributed by atoms with Gasteiger partial charge in [0.05, 0.1) is 18.3 Å². The van der Waals surface area contributed by atoms with Crippen LogP contribution in [0.5, 0.6) is 5.75 Å². The lowest BCUT2D eigenvalue weighted by Gasteiger charge is -2.15. The summed E-state index contributed by atoms with van der Waals surface area (Å²) in [6.45, 7) is -2.96. The molecule has 0 radical (unpaired) electrons. The molecular formula is C18H13BrF2N2O4. The standard InChI is InChI=1S/C18H13BrF2N2O4/c1-26-17(25)14-15(22)12-7-2-9(19)8-13(12)23(16(14)24)10-3-5-11(6-4-10)27-18(20)21/h2-8,18H,22H2,1H3. The SMILES string of the molecule is COC(=O)c1c(N)c2ccc(Br)cc2n(-c2ccc(OC(F)F)cc2)c1=O. The van der Waals surface area contributed by atoms with Gasteiger partial charge in [0, 0.05) is 15.5 Å². The Bertz CT molecular complexity index is 1080. The molecule has 0 saturated carbocycles. The van der Waals surface area contributed by atoms with E-state index in [9.17, 15) is 18.4 Å². The summed E-state index contributed by atoms with van der Waals surface area (Å²) in [5.41, 5.74) is 5.82. The van der Waals surface area contributed by atoms with Crippen LogP contribution < -0.4 is 16.0 Å². The number of pyridine rings is 1. The van der Waals surface area contributed by atoms with Gasteiger partial charge in [-0.15, -0.1) is 0 Å². The summed E-state index contributed by atoms with van der Waals surface area (Å²) < 4.78 is 35.6. The van der Waals surface area contributed by atoms with E-state index in [1.807, 2.05) is 0 Å². The fraction of sp³-hybridized carbons (Fsp3) is 0.111. The van der Waals surface area contributed by atoms with Gasteiger partial charge in [0.2, 0.25) is 0 Å². The number of esters is 1. The van der Waals surface area contributed by atoms with E-state index < -0.39 is 18.1 Å². The molecule has 0 aliphatic heterocycles. The number of rotatable bonds is 4. The van der Waals surface area contributed by atoms with Gasteiger partial charge >= 0.3 is 12.6 Å². The van der Waals surface area contributed by atoms with Gasteiger partial charge in [0.25, 0.3) is 5.56 Å². The van der Waals surface area contributed by atoms with E-state index in [2.05, 4.69) is 25.4 Å². The molecule has 2 N–H and O–H groups in total. The fourth-order valence-corrected chi connectivity index (χ4v) is 3.07. The van der Waals surface area contributed by atoms with Crippen LogP contribution in [0.25, 0.3) is 16.6 Å². The van der Waals surface area contributed by atoms with Gasteiger partial charge in [0.15, 0.2) is 0 Å². The number of anilines is 1. The lowest BCUT2D eigenvalue weighted by Crippen LogP contribution is -2.28. The van der Waals surface area contributed by atoms with E-state index >= 15 is 0 Å². The second kappa shape index (κ2) is 7.36. The zero-order valence-electron chi connectivity index (χ0n) is 13.9. The number of hydrogen-bond donors (Lipinski definition) is 1. The number of nitrogens with two attached hydrogens (primary N) is 1. The Morgan fingerprint density at radius 1 is 1.19 bits per heavy atom. The topological polar surface area (TPSA) is 83.6 Å². The number of ether oxygens (including phenoxy) is 2. The van der Waals surface area contributed by atoms with Crippen LogP contribution in [0.4, 0.5) is 14.5 Å². The van der Waals surface area contributed by atoms with Crippen LogP contribution in [0, 0.1) is 0 Å². The minimum atomic E-state index is -2.96. The third-order valence-corrected chi connectivity index (χ3v) is 4.38. The van der Waals surface area contributed by atoms with Gasteiger partial charge in [-0.05, 0) is 42.5 Å². The number of aromatic nitrogens is 1. The number of halogens is 3. The molecule has 3 aromatic rings. The van der Waals surface area contributed by atoms with E-state index in [4.69, 9.17) is 5.73 Å². The molecular weight excluding hydrogens is 426 g/mol. The summed E-state index contributed by atoms with van der Waals surface area (Å²) in [4.78, 5) is 25.1. The second-order valence-corrected chi connectivity index (χ2v) is 6.37. The van der Waals surface area contributed by atoms with Gasteiger partial charge in [-0.1, -0.05) is 15.9 Å². The molecule has 0 spiro atoms. The molecule has 0 fully saturated rings. The summed E-state index contributed by atoms with van der Waals surface area (Å²) in [6, 6.07) is 10.5. The Morgan fingerprint density at radius 2 is 1.85 bits per heavy atom. The van der Waals surface area contributed by atoms with Crippen LogP contribution >= 0.6 is 15.9 Å². The maximum Gasteiger partial charge on any atom is 0.387 e. The molecule has 2 aromatic carbocycles. The fourth-order valence-electron chi connectivity index (χ4n) is 2.72. The highest BCUT2D eigenvalue weighted by Gasteiger charge is 2.22. The average Bonchev–Trinajstić information content (AvgIpc) is 2.62. The quantitative estimate of drug-likeness (QED) is 0.627. The lowest BCUT2D eigenvalue weighted by atomic mass is 10.1. The summed E-state index contributed by atoms with van der Waals surface area (Å²) in [5, 5.41) is 0.464. The molecule has 3 rings (SSSR count). The summed E-state index contributed by atoms with van der Waals surface area (Å²) >= 11 is 3.34. The first-order valence-corrected chi connectivity index (χ1v) is 8.40. The Labute approximate surface area is 160 Å². The average molecular weight is 439 g/mol. The number of carbonyl (C=O) groups is 1. The molecule has 0 unspecified atom stereocenters. The first kappa shape index (κ1) is 18.8. The molecule has 0 aliphatic rings. The number of fused-ring (bicyclic) bond motifs is 1. The number of benzene rings is 2. The number of hydrogen-bond acceptors (Lipinski definition) is 5. The lowest BCUT2D eigenvalue weighted by molar-refractivity contribution is -0.0498. The maximum atomic E-state index is 13.0. The highest BCUT2D eigenvalue weighted by atomic mass is 79.9. The van der Waals surface area contributed by atoms with Crippen molar-refractivity contribution in [3.63, 3.8) is 0 Å². The molecule has 27 heavy (non-hydrogen) atoms. The Morgan fingerprint density at radius 3 is 2.44 bits per heavy atom. The maximum absolute atomic E-state index is 13.0. The van der Waals surface area contributed by atoms with E-state index in [1.54, 1.807) is 18.2 Å². The molecule has 1 heterocycles. The molecule has 0 saturated heterocycles. The molecule has 0 atom stereocenters. The summed E-state index contributed by atoms with van der Waals surface area (Å²) in [6.07, 6.45) is 0. The smallest absolute Gasteiger partial charge is 0.387 e. The van der Waals surface area contributed by atoms with E-state index in [-0.39, 0.29) is 17.0 Å². The normalized spacial score (nSPS) is 11.0. The number of nitrogens with zero attached hydrogens (tertiary/aromatic N) is 1. The molecule has 6 nitrogen and oxygen atoms in total. The summed E-state index contributed by atoms with van der Waals surface area (Å²) in [7, 11) is 1.15. The third-order valence-electron chi connectivity index (χ3n) is 3.89. The zero-order chi connectivity index (χ0) is 19.7. The first-order chi connectivity index (χ1) is 12.8. The van der Waals surface area contributed by atoms with Crippen LogP contribution in [-0.2, 0) is 4.74 Å². The van der Waals surface area contributed by atoms with Crippen molar-refractivity contribution in [1.82, 2.24) is 4.57 Å². The number of carbonyl (C=O) groups excluding carboxylic acids is 1. The number of methoxy groups -OCH3 is 1. The van der Waals surface area contributed by atoms with Gasteiger partial charge in [0.1, 0.15) is 11.3 Å². The van der Waals surface area contributed by atoms with E-state index in [0.29, 0.717) is 21.1 Å². The Kier molecular flexibility index (Phi) is 5.13. The summed E-state index contributed by atoms with van der Waals surface area (Å²) in [5.74, 6) is -0.926. The predicted molar refractivity (Wildman–Crippen MR) is 99.6 cm³/mol. The third kappa shape index (κ3) is 3.50. The minimum absolute atomic E-state index is 0.00301. The van der Waals surface area contributed by atoms with Gasteiger partial charge in [-0.25, -0.2) is 4.79 Å². The molecule has 0 aliphatic carbocycles. The van der Waals surface area contributed by atoms with Crippen molar-refractivity contribution in [1.29, 1.82) is 0 Å². The number of alkyl halides is 2. The minimum Gasteiger partial charge on any atom is -0.465 e. The second-order valence-electron chi connectivity index (χ2n) is 5.45. The van der Waals surface area contributed by atoms with Crippen LogP contribution in [-0.4, -0.2) is 24.3 Å². The van der Waals surface area contributed by atoms with Gasteiger partial charge in [-0.3, -0.25) is 9.36 Å². The molecule has 140 valence electrons. The van der Waals surface area contributed by atoms with E-state index in [1.165, 1.54) is 28.8 Å². The van der Waals surface area contributed by atoms with Crippen molar-refractivity contribution in [3.8, 4) is 11.4 Å². The predicted octanol–water partition coefficient (Wildman–Crippen LogP) is 3.72. The van der Waals surface area contributed by atoms with Crippen molar-refractivity contribution in [2.45, 2.75) is 6.61 Å². The van der Waals surface area contributed by atoms with E-state index in [0.717, 1.165) is 7.11 Å². The molecule has 1 aromatic heterocycles. The molecule has 0 bridgehead atoms. The van der Waals surface area contributed by atoms with Crippen molar-refractivity contribution >= 4 is 38.5 Å². The van der Waals surface area contributed by atoms with Crippen LogP contribution in [0.2, 0.25) is 0 Å². The Balaban J connectivity index is 2.32. The van der Waals surface area contributed by atoms with Crippen LogP contribution in [0.1, 0.15) is 10.4 Å². The van der Waals surface area contributed by atoms with Crippen molar-refractivity contribution < 1.29 is 23.0 Å². The van der Waals surface area contributed by atoms with Crippen molar-refractivity contribution in [3.05, 3.63) is 62.9 Å². The zero-order valence-corrected chi connectivity index (χ0v) is 15.5. The number of nitrogen functional groups attached to an aromatic ring is 1. The van der Waals surface area contributed by atoms with Crippen molar-refractivity contribution in [2.24, 2.45) is 0 Å². The highest BCUT2D eigenvalue weighted by molar-refractivity contribution is 9.10. The largest absolute Gasteiger partial charge is 0.465 e. The van der Waals surface area contributed by atoms with Crippen molar-refractivity contribution in [2.75, 3.05) is 12.8 Å².